The number of rotatable bonds is 3. The molecular formula is C10H7Cl2F2N3O2S. The second-order valence-corrected chi connectivity index (χ2v) is 6.60. The highest BCUT2D eigenvalue weighted by Crippen LogP contribution is 2.28. The Morgan fingerprint density at radius 1 is 1.25 bits per heavy atom. The van der Waals surface area contributed by atoms with Crippen molar-refractivity contribution >= 4 is 31.3 Å². The predicted octanol–water partition coefficient (Wildman–Crippen LogP) is 2.82. The van der Waals surface area contributed by atoms with E-state index < -0.39 is 25.8 Å². The number of aromatic nitrogens is 3. The molecule has 0 fully saturated rings. The molecule has 0 unspecified atom stereocenters. The van der Waals surface area contributed by atoms with Gasteiger partial charge in [-0.1, -0.05) is 11.6 Å². The summed E-state index contributed by atoms with van der Waals surface area (Å²) in [6, 6.07) is 1.59. The SMILES string of the molecule is CCn1c(-c2cc(F)c(Cl)cc2F)nnc1S(=O)(=O)Cl. The van der Waals surface area contributed by atoms with Crippen molar-refractivity contribution in [3.05, 3.63) is 28.8 Å². The van der Waals surface area contributed by atoms with Crippen LogP contribution in [0.25, 0.3) is 11.4 Å². The van der Waals surface area contributed by atoms with Crippen LogP contribution in [-0.2, 0) is 15.6 Å². The molecule has 0 aliphatic carbocycles. The van der Waals surface area contributed by atoms with Crippen LogP contribution in [0.3, 0.4) is 0 Å². The molecule has 0 spiro atoms. The maximum atomic E-state index is 13.8. The molecular weight excluding hydrogens is 335 g/mol. The van der Waals surface area contributed by atoms with Gasteiger partial charge in [0, 0.05) is 17.2 Å². The lowest BCUT2D eigenvalue weighted by atomic mass is 10.2. The fourth-order valence-electron chi connectivity index (χ4n) is 1.65. The number of hydrogen-bond donors (Lipinski definition) is 0. The molecule has 0 saturated heterocycles. The Balaban J connectivity index is 2.72. The number of halogens is 4. The Morgan fingerprint density at radius 3 is 2.45 bits per heavy atom. The number of hydrogen-bond acceptors (Lipinski definition) is 4. The van der Waals surface area contributed by atoms with Gasteiger partial charge in [-0.3, -0.25) is 4.57 Å². The zero-order chi connectivity index (χ0) is 15.1. The van der Waals surface area contributed by atoms with E-state index in [4.69, 9.17) is 22.3 Å². The molecule has 1 heterocycles. The lowest BCUT2D eigenvalue weighted by Crippen LogP contribution is -2.07. The molecule has 2 aromatic rings. The average molecular weight is 342 g/mol. The third-order valence-electron chi connectivity index (χ3n) is 2.50. The molecule has 0 atom stereocenters. The van der Waals surface area contributed by atoms with Gasteiger partial charge >= 0.3 is 0 Å². The minimum atomic E-state index is -4.14. The van der Waals surface area contributed by atoms with Gasteiger partial charge in [0.25, 0.3) is 14.2 Å². The molecule has 10 heteroatoms. The van der Waals surface area contributed by atoms with E-state index in [1.165, 1.54) is 0 Å². The van der Waals surface area contributed by atoms with Gasteiger partial charge in [0.2, 0.25) is 0 Å². The second kappa shape index (κ2) is 5.27. The van der Waals surface area contributed by atoms with Crippen molar-refractivity contribution < 1.29 is 17.2 Å². The molecule has 1 aromatic carbocycles. The normalized spacial score (nSPS) is 11.8. The first kappa shape index (κ1) is 15.1. The van der Waals surface area contributed by atoms with E-state index >= 15 is 0 Å². The Bertz CT molecular complexity index is 777. The molecule has 0 aliphatic heterocycles. The average Bonchev–Trinajstić information content (AvgIpc) is 2.77. The van der Waals surface area contributed by atoms with Crippen LogP contribution in [0.5, 0.6) is 0 Å². The van der Waals surface area contributed by atoms with Gasteiger partial charge in [-0.25, -0.2) is 17.2 Å². The van der Waals surface area contributed by atoms with Crippen LogP contribution in [0.4, 0.5) is 8.78 Å². The van der Waals surface area contributed by atoms with Gasteiger partial charge in [0.05, 0.1) is 10.6 Å². The van der Waals surface area contributed by atoms with Crippen LogP contribution in [0, 0.1) is 11.6 Å². The number of benzene rings is 1. The topological polar surface area (TPSA) is 64.8 Å². The lowest BCUT2D eigenvalue weighted by molar-refractivity contribution is 0.580. The summed E-state index contributed by atoms with van der Waals surface area (Å²) >= 11 is 5.45. The molecule has 0 N–H and O–H groups in total. The largest absolute Gasteiger partial charge is 0.297 e. The second-order valence-electron chi connectivity index (χ2n) is 3.73. The van der Waals surface area contributed by atoms with E-state index in [0.717, 1.165) is 16.7 Å². The van der Waals surface area contributed by atoms with Crippen molar-refractivity contribution in [2.75, 3.05) is 0 Å². The summed E-state index contributed by atoms with van der Waals surface area (Å²) in [6.45, 7) is 1.69. The summed E-state index contributed by atoms with van der Waals surface area (Å²) in [7, 11) is 1.05. The van der Waals surface area contributed by atoms with Crippen LogP contribution in [0.2, 0.25) is 5.02 Å². The van der Waals surface area contributed by atoms with E-state index in [2.05, 4.69) is 10.2 Å². The van der Waals surface area contributed by atoms with E-state index in [-0.39, 0.29) is 23.0 Å². The fraction of sp³-hybridized carbons (Fsp3) is 0.200. The number of nitrogens with zero attached hydrogens (tertiary/aromatic N) is 3. The van der Waals surface area contributed by atoms with E-state index in [9.17, 15) is 17.2 Å². The first-order chi connectivity index (χ1) is 9.25. The summed E-state index contributed by atoms with van der Waals surface area (Å²) < 4.78 is 50.9. The first-order valence-electron chi connectivity index (χ1n) is 5.28. The van der Waals surface area contributed by atoms with Crippen LogP contribution >= 0.6 is 22.3 Å². The van der Waals surface area contributed by atoms with Gasteiger partial charge in [0.1, 0.15) is 11.6 Å². The Hall–Kier alpha value is -1.25. The third kappa shape index (κ3) is 2.63. The molecule has 2 rings (SSSR count). The summed E-state index contributed by atoms with van der Waals surface area (Å²) in [4.78, 5) is 0. The molecule has 0 amide bonds. The van der Waals surface area contributed by atoms with E-state index in [0.29, 0.717) is 0 Å². The molecule has 0 radical (unpaired) electrons. The molecule has 0 bridgehead atoms. The third-order valence-corrected chi connectivity index (χ3v) is 3.94. The van der Waals surface area contributed by atoms with Gasteiger partial charge in [-0.05, 0) is 19.1 Å². The quantitative estimate of drug-likeness (QED) is 0.636. The predicted molar refractivity (Wildman–Crippen MR) is 69.1 cm³/mol. The van der Waals surface area contributed by atoms with Gasteiger partial charge in [-0.2, -0.15) is 0 Å². The Morgan fingerprint density at radius 2 is 1.90 bits per heavy atom. The van der Waals surface area contributed by atoms with Crippen molar-refractivity contribution in [1.29, 1.82) is 0 Å². The molecule has 0 aliphatic rings. The van der Waals surface area contributed by atoms with Crippen LogP contribution in [0.15, 0.2) is 17.3 Å². The Kier molecular flexibility index (Phi) is 3.99. The van der Waals surface area contributed by atoms with Crippen molar-refractivity contribution in [2.24, 2.45) is 0 Å². The molecule has 108 valence electrons. The summed E-state index contributed by atoms with van der Waals surface area (Å²) in [6.07, 6.45) is 0. The highest BCUT2D eigenvalue weighted by Gasteiger charge is 2.24. The lowest BCUT2D eigenvalue weighted by Gasteiger charge is -2.07. The standard InChI is InChI=1S/C10H7Cl2F2N3O2S/c1-2-17-9(15-16-10(17)20(12,18)19)5-3-8(14)6(11)4-7(5)13/h3-4H,2H2,1H3. The van der Waals surface area contributed by atoms with Gasteiger partial charge in [0.15, 0.2) is 5.82 Å². The monoisotopic (exact) mass is 341 g/mol. The minimum Gasteiger partial charge on any atom is -0.297 e. The van der Waals surface area contributed by atoms with Gasteiger partial charge < -0.3 is 0 Å². The molecule has 0 saturated carbocycles. The summed E-state index contributed by atoms with van der Waals surface area (Å²) in [5.41, 5.74) is -0.257. The minimum absolute atomic E-state index is 0.104. The zero-order valence-corrected chi connectivity index (χ0v) is 12.3. The molecule has 20 heavy (non-hydrogen) atoms. The van der Waals surface area contributed by atoms with E-state index in [1.807, 2.05) is 0 Å². The summed E-state index contributed by atoms with van der Waals surface area (Å²) in [5, 5.41) is 6.03. The molecule has 5 nitrogen and oxygen atoms in total. The van der Waals surface area contributed by atoms with Crippen molar-refractivity contribution in [3.8, 4) is 11.4 Å². The molecule has 1 aromatic heterocycles. The van der Waals surface area contributed by atoms with Gasteiger partial charge in [-0.15, -0.1) is 10.2 Å². The summed E-state index contributed by atoms with van der Waals surface area (Å²) in [5.74, 6) is -1.86. The maximum Gasteiger partial charge on any atom is 0.296 e. The fourth-order valence-corrected chi connectivity index (χ4v) is 2.76. The first-order valence-corrected chi connectivity index (χ1v) is 7.97. The van der Waals surface area contributed by atoms with Crippen molar-refractivity contribution in [2.45, 2.75) is 18.6 Å². The maximum absolute atomic E-state index is 13.8. The zero-order valence-electron chi connectivity index (χ0n) is 9.94. The van der Waals surface area contributed by atoms with Crippen LogP contribution < -0.4 is 0 Å². The van der Waals surface area contributed by atoms with Crippen molar-refractivity contribution in [1.82, 2.24) is 14.8 Å². The van der Waals surface area contributed by atoms with Crippen LogP contribution in [0.1, 0.15) is 6.92 Å². The Labute approximate surface area is 122 Å². The van der Waals surface area contributed by atoms with Crippen LogP contribution in [-0.4, -0.2) is 23.2 Å². The highest BCUT2D eigenvalue weighted by atomic mass is 35.7. The highest BCUT2D eigenvalue weighted by molar-refractivity contribution is 8.13. The smallest absolute Gasteiger partial charge is 0.296 e. The van der Waals surface area contributed by atoms with Crippen molar-refractivity contribution in [3.63, 3.8) is 0 Å². The van der Waals surface area contributed by atoms with E-state index in [1.54, 1.807) is 6.92 Å².